The van der Waals surface area contributed by atoms with Crippen molar-refractivity contribution in [2.45, 2.75) is 32.4 Å². The van der Waals surface area contributed by atoms with Crippen LogP contribution in [0.2, 0.25) is 0 Å². The predicted octanol–water partition coefficient (Wildman–Crippen LogP) is 4.75. The number of nitriles is 1. The smallest absolute Gasteiger partial charge is 0.339 e. The van der Waals surface area contributed by atoms with Gasteiger partial charge in [0.2, 0.25) is 0 Å². The summed E-state index contributed by atoms with van der Waals surface area (Å²) in [6.07, 6.45) is -0.170. The lowest BCUT2D eigenvalue weighted by molar-refractivity contribution is -0.126. The van der Waals surface area contributed by atoms with Crippen LogP contribution in [-0.4, -0.2) is 24.0 Å². The molecule has 0 spiro atoms. The van der Waals surface area contributed by atoms with E-state index in [1.54, 1.807) is 54.3 Å². The molecule has 31 heavy (non-hydrogen) atoms. The van der Waals surface area contributed by atoms with E-state index in [0.29, 0.717) is 22.3 Å². The standard InChI is InChI=1S/C26H22N2O3/c1-17-15-19-9-4-8-14-24(19)28(17)25(29)18(2)31-26(30)23-13-7-6-12-22(23)21-11-5-3-10-20(21)16-27/h3-14,17-18H,15H2,1-2H3/t17-,18+/m1/s1. The van der Waals surface area contributed by atoms with Crippen LogP contribution in [0.3, 0.4) is 0 Å². The molecule has 0 unspecified atom stereocenters. The molecule has 5 nitrogen and oxygen atoms in total. The van der Waals surface area contributed by atoms with E-state index in [1.807, 2.05) is 37.3 Å². The summed E-state index contributed by atoms with van der Waals surface area (Å²) in [4.78, 5) is 27.9. The Kier molecular flexibility index (Phi) is 5.55. The first-order chi connectivity index (χ1) is 15.0. The van der Waals surface area contributed by atoms with Gasteiger partial charge in [-0.3, -0.25) is 4.79 Å². The first-order valence-electron chi connectivity index (χ1n) is 10.2. The minimum absolute atomic E-state index is 0.000781. The Balaban J connectivity index is 1.59. The molecule has 3 aromatic carbocycles. The third kappa shape index (κ3) is 3.80. The monoisotopic (exact) mass is 410 g/mol. The Morgan fingerprint density at radius 1 is 1.00 bits per heavy atom. The maximum atomic E-state index is 13.1. The van der Waals surface area contributed by atoms with E-state index in [9.17, 15) is 14.9 Å². The number of para-hydroxylation sites is 1. The molecule has 0 aliphatic carbocycles. The van der Waals surface area contributed by atoms with Crippen molar-refractivity contribution in [3.63, 3.8) is 0 Å². The molecule has 1 aliphatic heterocycles. The number of rotatable bonds is 4. The van der Waals surface area contributed by atoms with Crippen LogP contribution < -0.4 is 4.90 Å². The number of hydrogen-bond acceptors (Lipinski definition) is 4. The number of esters is 1. The predicted molar refractivity (Wildman–Crippen MR) is 119 cm³/mol. The Hall–Kier alpha value is -3.91. The van der Waals surface area contributed by atoms with Gasteiger partial charge in [-0.05, 0) is 49.6 Å². The molecule has 2 atom stereocenters. The number of hydrogen-bond donors (Lipinski definition) is 0. The average Bonchev–Trinajstić information content (AvgIpc) is 3.14. The number of carbonyl (C=O) groups excluding carboxylic acids is 2. The number of ether oxygens (including phenoxy) is 1. The van der Waals surface area contributed by atoms with Gasteiger partial charge in [0.15, 0.2) is 6.10 Å². The van der Waals surface area contributed by atoms with Gasteiger partial charge in [-0.1, -0.05) is 54.6 Å². The minimum atomic E-state index is -0.944. The van der Waals surface area contributed by atoms with Gasteiger partial charge in [-0.15, -0.1) is 0 Å². The second-order valence-corrected chi connectivity index (χ2v) is 7.64. The van der Waals surface area contributed by atoms with Crippen molar-refractivity contribution in [1.29, 1.82) is 5.26 Å². The van der Waals surface area contributed by atoms with Crippen molar-refractivity contribution in [1.82, 2.24) is 0 Å². The van der Waals surface area contributed by atoms with Crippen molar-refractivity contribution in [2.24, 2.45) is 0 Å². The molecule has 1 heterocycles. The van der Waals surface area contributed by atoms with Crippen LogP contribution in [0, 0.1) is 11.3 Å². The molecule has 0 aromatic heterocycles. The summed E-state index contributed by atoms with van der Waals surface area (Å²) in [5.74, 6) is -0.843. The highest BCUT2D eigenvalue weighted by atomic mass is 16.5. The van der Waals surface area contributed by atoms with Crippen LogP contribution in [0.25, 0.3) is 11.1 Å². The Labute approximate surface area is 181 Å². The molecule has 0 saturated carbocycles. The fourth-order valence-corrected chi connectivity index (χ4v) is 4.08. The fraction of sp³-hybridized carbons (Fsp3) is 0.192. The number of fused-ring (bicyclic) bond motifs is 1. The lowest BCUT2D eigenvalue weighted by Gasteiger charge is -2.26. The highest BCUT2D eigenvalue weighted by Gasteiger charge is 2.34. The van der Waals surface area contributed by atoms with Gasteiger partial charge in [0.1, 0.15) is 0 Å². The van der Waals surface area contributed by atoms with Crippen LogP contribution in [0.1, 0.15) is 35.3 Å². The number of benzene rings is 3. The molecular weight excluding hydrogens is 388 g/mol. The van der Waals surface area contributed by atoms with Gasteiger partial charge in [-0.2, -0.15) is 5.26 Å². The van der Waals surface area contributed by atoms with Crippen molar-refractivity contribution >= 4 is 17.6 Å². The maximum absolute atomic E-state index is 13.1. The second kappa shape index (κ2) is 8.45. The highest BCUT2D eigenvalue weighted by Crippen LogP contribution is 2.33. The molecule has 0 bridgehead atoms. The summed E-state index contributed by atoms with van der Waals surface area (Å²) in [6, 6.07) is 24.0. The number of nitrogens with zero attached hydrogens (tertiary/aromatic N) is 2. The highest BCUT2D eigenvalue weighted by molar-refractivity contribution is 6.02. The summed E-state index contributed by atoms with van der Waals surface area (Å²) >= 11 is 0. The zero-order valence-electron chi connectivity index (χ0n) is 17.4. The zero-order valence-corrected chi connectivity index (χ0v) is 17.4. The van der Waals surface area contributed by atoms with Crippen molar-refractivity contribution in [3.05, 3.63) is 89.5 Å². The van der Waals surface area contributed by atoms with Crippen molar-refractivity contribution in [2.75, 3.05) is 4.90 Å². The van der Waals surface area contributed by atoms with Crippen molar-refractivity contribution in [3.8, 4) is 17.2 Å². The largest absolute Gasteiger partial charge is 0.449 e. The SMILES string of the molecule is C[C@H](OC(=O)c1ccccc1-c1ccccc1C#N)C(=O)N1c2ccccc2C[C@H]1C. The summed E-state index contributed by atoms with van der Waals surface area (Å²) in [5, 5.41) is 9.44. The van der Waals surface area contributed by atoms with Crippen LogP contribution in [0.15, 0.2) is 72.8 Å². The number of carbonyl (C=O) groups is 2. The lowest BCUT2D eigenvalue weighted by Crippen LogP contribution is -2.43. The van der Waals surface area contributed by atoms with Crippen LogP contribution >= 0.6 is 0 Å². The van der Waals surface area contributed by atoms with Gasteiger partial charge >= 0.3 is 5.97 Å². The first-order valence-corrected chi connectivity index (χ1v) is 10.2. The second-order valence-electron chi connectivity index (χ2n) is 7.64. The van der Waals surface area contributed by atoms with E-state index in [4.69, 9.17) is 4.74 Å². The molecule has 1 aliphatic rings. The Morgan fingerprint density at radius 3 is 2.42 bits per heavy atom. The van der Waals surface area contributed by atoms with Crippen LogP contribution in [0.5, 0.6) is 0 Å². The molecule has 0 saturated heterocycles. The number of amides is 1. The van der Waals surface area contributed by atoms with E-state index < -0.39 is 12.1 Å². The molecule has 4 rings (SSSR count). The average molecular weight is 410 g/mol. The summed E-state index contributed by atoms with van der Waals surface area (Å²) in [5.41, 5.74) is 4.02. The molecule has 0 radical (unpaired) electrons. The number of anilines is 1. The van der Waals surface area contributed by atoms with E-state index in [1.165, 1.54) is 0 Å². The summed E-state index contributed by atoms with van der Waals surface area (Å²) < 4.78 is 5.60. The fourth-order valence-electron chi connectivity index (χ4n) is 4.08. The summed E-state index contributed by atoms with van der Waals surface area (Å²) in [6.45, 7) is 3.58. The van der Waals surface area contributed by atoms with E-state index in [-0.39, 0.29) is 11.9 Å². The molecule has 3 aromatic rings. The van der Waals surface area contributed by atoms with Crippen LogP contribution in [0.4, 0.5) is 5.69 Å². The van der Waals surface area contributed by atoms with Gasteiger partial charge in [-0.25, -0.2) is 4.79 Å². The summed E-state index contributed by atoms with van der Waals surface area (Å²) in [7, 11) is 0. The lowest BCUT2D eigenvalue weighted by atomic mass is 9.96. The van der Waals surface area contributed by atoms with Crippen molar-refractivity contribution < 1.29 is 14.3 Å². The van der Waals surface area contributed by atoms with E-state index in [0.717, 1.165) is 17.7 Å². The van der Waals surface area contributed by atoms with Gasteiger partial charge in [0, 0.05) is 17.3 Å². The molecular formula is C26H22N2O3. The van der Waals surface area contributed by atoms with Gasteiger partial charge in [0.25, 0.3) is 5.91 Å². The topological polar surface area (TPSA) is 70.4 Å². The Bertz CT molecular complexity index is 1200. The molecule has 1 amide bonds. The van der Waals surface area contributed by atoms with Crippen LogP contribution in [-0.2, 0) is 16.0 Å². The third-order valence-corrected chi connectivity index (χ3v) is 5.56. The quantitative estimate of drug-likeness (QED) is 0.582. The Morgan fingerprint density at radius 2 is 1.65 bits per heavy atom. The first kappa shape index (κ1) is 20.4. The van der Waals surface area contributed by atoms with Gasteiger partial charge in [0.05, 0.1) is 17.2 Å². The van der Waals surface area contributed by atoms with E-state index >= 15 is 0 Å². The molecule has 5 heteroatoms. The van der Waals surface area contributed by atoms with Gasteiger partial charge < -0.3 is 9.64 Å². The normalized spacial score (nSPS) is 15.6. The molecule has 0 N–H and O–H groups in total. The van der Waals surface area contributed by atoms with E-state index in [2.05, 4.69) is 6.07 Å². The minimum Gasteiger partial charge on any atom is -0.449 e. The molecule has 0 fully saturated rings. The third-order valence-electron chi connectivity index (χ3n) is 5.56. The molecule has 154 valence electrons. The maximum Gasteiger partial charge on any atom is 0.339 e. The zero-order chi connectivity index (χ0) is 22.0.